The number of anilines is 1. The molecule has 1 fully saturated rings. The predicted octanol–water partition coefficient (Wildman–Crippen LogP) is 1.70. The predicted molar refractivity (Wildman–Crippen MR) is 74.5 cm³/mol. The number of benzene rings is 1. The minimum Gasteiger partial charge on any atom is -0.495 e. The molecule has 1 aliphatic rings. The lowest BCUT2D eigenvalue weighted by molar-refractivity contribution is 0.404. The fourth-order valence-corrected chi connectivity index (χ4v) is 4.40. The van der Waals surface area contributed by atoms with E-state index in [4.69, 9.17) is 10.5 Å². The number of sulfonamides is 1. The zero-order chi connectivity index (χ0) is 14.2. The first kappa shape index (κ1) is 14.1. The summed E-state index contributed by atoms with van der Waals surface area (Å²) in [5.74, 6) is 0.877. The third kappa shape index (κ3) is 2.55. The summed E-state index contributed by atoms with van der Waals surface area (Å²) in [6.07, 6.45) is 0.894. The number of methoxy groups -OCH3 is 1. The van der Waals surface area contributed by atoms with E-state index < -0.39 is 10.0 Å². The van der Waals surface area contributed by atoms with Gasteiger partial charge >= 0.3 is 0 Å². The molecule has 2 unspecified atom stereocenters. The Kier molecular flexibility index (Phi) is 3.73. The third-order valence-electron chi connectivity index (χ3n) is 3.53. The normalized spacial score (nSPS) is 24.6. The van der Waals surface area contributed by atoms with Crippen molar-refractivity contribution in [2.45, 2.75) is 31.2 Å². The molecule has 2 rings (SSSR count). The number of hydrogen-bond donors (Lipinski definition) is 1. The molecule has 0 amide bonds. The summed E-state index contributed by atoms with van der Waals surface area (Å²) in [6, 6.07) is 4.62. The van der Waals surface area contributed by atoms with Gasteiger partial charge in [-0.2, -0.15) is 4.31 Å². The maximum atomic E-state index is 12.6. The molecule has 0 spiro atoms. The van der Waals surface area contributed by atoms with E-state index in [9.17, 15) is 8.42 Å². The highest BCUT2D eigenvalue weighted by Gasteiger charge is 2.36. The van der Waals surface area contributed by atoms with Crippen LogP contribution in [0.3, 0.4) is 0 Å². The van der Waals surface area contributed by atoms with Gasteiger partial charge in [0.1, 0.15) is 5.75 Å². The van der Waals surface area contributed by atoms with Gasteiger partial charge in [0, 0.05) is 12.6 Å². The van der Waals surface area contributed by atoms with Crippen LogP contribution in [-0.2, 0) is 10.0 Å². The van der Waals surface area contributed by atoms with Crippen LogP contribution in [0.15, 0.2) is 23.1 Å². The van der Waals surface area contributed by atoms with Crippen LogP contribution in [0.1, 0.15) is 20.3 Å². The van der Waals surface area contributed by atoms with Crippen molar-refractivity contribution in [1.82, 2.24) is 4.31 Å². The number of ether oxygens (including phenoxy) is 1. The Hall–Kier alpha value is -1.27. The maximum absolute atomic E-state index is 12.6. The fourth-order valence-electron chi connectivity index (χ4n) is 2.60. The van der Waals surface area contributed by atoms with E-state index in [1.807, 2.05) is 6.92 Å². The van der Waals surface area contributed by atoms with Gasteiger partial charge in [0.2, 0.25) is 10.0 Å². The van der Waals surface area contributed by atoms with Gasteiger partial charge in [-0.3, -0.25) is 0 Å². The first-order valence-electron chi connectivity index (χ1n) is 6.31. The average molecular weight is 284 g/mol. The first-order valence-corrected chi connectivity index (χ1v) is 7.75. The number of rotatable bonds is 3. The second kappa shape index (κ2) is 5.02. The Labute approximate surface area is 114 Å². The van der Waals surface area contributed by atoms with Gasteiger partial charge in [0.25, 0.3) is 0 Å². The van der Waals surface area contributed by atoms with Gasteiger partial charge < -0.3 is 10.5 Å². The molecule has 0 aliphatic carbocycles. The minimum absolute atomic E-state index is 0.0309. The molecule has 0 aromatic heterocycles. The van der Waals surface area contributed by atoms with Crippen LogP contribution in [0.4, 0.5) is 5.69 Å². The Morgan fingerprint density at radius 3 is 2.53 bits per heavy atom. The van der Waals surface area contributed by atoms with Crippen LogP contribution in [0.5, 0.6) is 5.75 Å². The molecule has 1 heterocycles. The van der Waals surface area contributed by atoms with Crippen molar-refractivity contribution in [3.8, 4) is 5.75 Å². The SMILES string of the molecule is COc1ccc(S(=O)(=O)N2CC(C)CC2C)cc1N. The van der Waals surface area contributed by atoms with Crippen molar-refractivity contribution in [2.24, 2.45) is 5.92 Å². The van der Waals surface area contributed by atoms with Crippen molar-refractivity contribution in [2.75, 3.05) is 19.4 Å². The maximum Gasteiger partial charge on any atom is 0.243 e. The summed E-state index contributed by atoms with van der Waals surface area (Å²) < 4.78 is 31.7. The van der Waals surface area contributed by atoms with Gasteiger partial charge in [0.15, 0.2) is 0 Å². The van der Waals surface area contributed by atoms with Gasteiger partial charge in [0.05, 0.1) is 17.7 Å². The highest BCUT2D eigenvalue weighted by molar-refractivity contribution is 7.89. The van der Waals surface area contributed by atoms with Crippen LogP contribution in [0.2, 0.25) is 0 Å². The molecule has 0 bridgehead atoms. The molecule has 2 atom stereocenters. The molecule has 6 heteroatoms. The van der Waals surface area contributed by atoms with Crippen molar-refractivity contribution >= 4 is 15.7 Å². The lowest BCUT2D eigenvalue weighted by atomic mass is 10.1. The molecule has 19 heavy (non-hydrogen) atoms. The van der Waals surface area contributed by atoms with Gasteiger partial charge in [-0.05, 0) is 37.5 Å². The molecule has 106 valence electrons. The molecule has 1 aromatic rings. The molecule has 5 nitrogen and oxygen atoms in total. The van der Waals surface area contributed by atoms with Crippen LogP contribution < -0.4 is 10.5 Å². The van der Waals surface area contributed by atoms with Crippen LogP contribution in [0.25, 0.3) is 0 Å². The van der Waals surface area contributed by atoms with Crippen molar-refractivity contribution in [1.29, 1.82) is 0 Å². The van der Waals surface area contributed by atoms with Crippen molar-refractivity contribution in [3.05, 3.63) is 18.2 Å². The Morgan fingerprint density at radius 1 is 1.37 bits per heavy atom. The van der Waals surface area contributed by atoms with Gasteiger partial charge in [-0.15, -0.1) is 0 Å². The van der Waals surface area contributed by atoms with E-state index in [1.165, 1.54) is 13.2 Å². The van der Waals surface area contributed by atoms with E-state index in [0.717, 1.165) is 6.42 Å². The van der Waals surface area contributed by atoms with Crippen LogP contribution in [0, 0.1) is 5.92 Å². The minimum atomic E-state index is -3.47. The standard InChI is InChI=1S/C13H20N2O3S/c1-9-6-10(2)15(8-9)19(16,17)11-4-5-13(18-3)12(14)7-11/h4-5,7,9-10H,6,8,14H2,1-3H3. The summed E-state index contributed by atoms with van der Waals surface area (Å²) in [6.45, 7) is 4.57. The second-order valence-corrected chi connectivity index (χ2v) is 7.06. The molecular weight excluding hydrogens is 264 g/mol. The number of hydrogen-bond acceptors (Lipinski definition) is 4. The molecule has 0 radical (unpaired) electrons. The molecule has 0 saturated carbocycles. The van der Waals surface area contributed by atoms with Crippen LogP contribution in [-0.4, -0.2) is 32.4 Å². The second-order valence-electron chi connectivity index (χ2n) is 5.17. The molecule has 1 aliphatic heterocycles. The number of nitrogens with zero attached hydrogens (tertiary/aromatic N) is 1. The zero-order valence-corrected chi connectivity index (χ0v) is 12.3. The molecule has 1 saturated heterocycles. The lowest BCUT2D eigenvalue weighted by Crippen LogP contribution is -2.34. The molecule has 1 aromatic carbocycles. The van der Waals surface area contributed by atoms with E-state index in [-0.39, 0.29) is 10.9 Å². The lowest BCUT2D eigenvalue weighted by Gasteiger charge is -2.21. The highest BCUT2D eigenvalue weighted by Crippen LogP contribution is 2.31. The zero-order valence-electron chi connectivity index (χ0n) is 11.5. The summed E-state index contributed by atoms with van der Waals surface area (Å²) in [7, 11) is -1.97. The van der Waals surface area contributed by atoms with E-state index >= 15 is 0 Å². The number of nitrogens with two attached hydrogens (primary N) is 1. The van der Waals surface area contributed by atoms with Crippen LogP contribution >= 0.6 is 0 Å². The average Bonchev–Trinajstić information content (AvgIpc) is 2.69. The monoisotopic (exact) mass is 284 g/mol. The topological polar surface area (TPSA) is 72.6 Å². The third-order valence-corrected chi connectivity index (χ3v) is 5.51. The largest absolute Gasteiger partial charge is 0.495 e. The van der Waals surface area contributed by atoms with E-state index in [1.54, 1.807) is 16.4 Å². The fraction of sp³-hybridized carbons (Fsp3) is 0.538. The first-order chi connectivity index (χ1) is 8.86. The van der Waals surface area contributed by atoms with E-state index in [0.29, 0.717) is 23.9 Å². The molecular formula is C13H20N2O3S. The Bertz CT molecular complexity index is 571. The quantitative estimate of drug-likeness (QED) is 0.857. The summed E-state index contributed by atoms with van der Waals surface area (Å²) in [5, 5.41) is 0. The smallest absolute Gasteiger partial charge is 0.243 e. The van der Waals surface area contributed by atoms with Crippen molar-refractivity contribution < 1.29 is 13.2 Å². The summed E-state index contributed by atoms with van der Waals surface area (Å²) in [5.41, 5.74) is 6.12. The Balaban J connectivity index is 2.37. The highest BCUT2D eigenvalue weighted by atomic mass is 32.2. The van der Waals surface area contributed by atoms with Gasteiger partial charge in [-0.25, -0.2) is 8.42 Å². The van der Waals surface area contributed by atoms with Crippen molar-refractivity contribution in [3.63, 3.8) is 0 Å². The Morgan fingerprint density at radius 2 is 2.05 bits per heavy atom. The summed E-state index contributed by atoms with van der Waals surface area (Å²) in [4.78, 5) is 0.228. The number of nitrogen functional groups attached to an aromatic ring is 1. The molecule has 2 N–H and O–H groups in total. The summed E-state index contributed by atoms with van der Waals surface area (Å²) >= 11 is 0. The van der Waals surface area contributed by atoms with Gasteiger partial charge in [-0.1, -0.05) is 6.92 Å². The van der Waals surface area contributed by atoms with E-state index in [2.05, 4.69) is 6.92 Å².